The quantitative estimate of drug-likeness (QED) is 0.658. The monoisotopic (exact) mass is 167 g/mol. The second-order valence-corrected chi connectivity index (χ2v) is 2.26. The molecular weight excluding hydrogens is 158 g/mol. The standard InChI is InChI=1S/C6H9N5O/c1-2-12-10-4-9-6-8-3-5(7)11(6)10/h3-4H,2,7H2,1H3. The second kappa shape index (κ2) is 2.40. The predicted molar refractivity (Wildman–Crippen MR) is 42.5 cm³/mol. The molecule has 0 aliphatic heterocycles. The van der Waals surface area contributed by atoms with Gasteiger partial charge in [0, 0.05) is 0 Å². The van der Waals surface area contributed by atoms with E-state index in [1.54, 1.807) is 4.52 Å². The molecule has 2 aromatic rings. The van der Waals surface area contributed by atoms with Crippen LogP contribution in [0.3, 0.4) is 0 Å². The van der Waals surface area contributed by atoms with Crippen LogP contribution in [-0.2, 0) is 0 Å². The summed E-state index contributed by atoms with van der Waals surface area (Å²) in [4.78, 5) is 14.6. The number of anilines is 1. The van der Waals surface area contributed by atoms with Crippen molar-refractivity contribution in [2.45, 2.75) is 6.92 Å². The fourth-order valence-electron chi connectivity index (χ4n) is 1.01. The minimum atomic E-state index is 0.510. The molecule has 0 spiro atoms. The van der Waals surface area contributed by atoms with Gasteiger partial charge in [0.15, 0.2) is 6.33 Å². The first kappa shape index (κ1) is 6.96. The zero-order chi connectivity index (χ0) is 8.55. The van der Waals surface area contributed by atoms with Crippen LogP contribution in [0.1, 0.15) is 6.92 Å². The van der Waals surface area contributed by atoms with Crippen molar-refractivity contribution in [2.75, 3.05) is 12.3 Å². The maximum Gasteiger partial charge on any atom is 0.255 e. The lowest BCUT2D eigenvalue weighted by molar-refractivity contribution is 0.0844. The molecule has 0 fully saturated rings. The molecule has 0 aromatic carbocycles. The number of fused-ring (bicyclic) bond motifs is 1. The molecule has 2 aromatic heterocycles. The Balaban J connectivity index is 2.59. The van der Waals surface area contributed by atoms with E-state index in [-0.39, 0.29) is 0 Å². The summed E-state index contributed by atoms with van der Waals surface area (Å²) < 4.78 is 1.59. The molecule has 0 saturated heterocycles. The van der Waals surface area contributed by atoms with E-state index >= 15 is 0 Å². The van der Waals surface area contributed by atoms with E-state index in [9.17, 15) is 0 Å². The molecule has 0 radical (unpaired) electrons. The van der Waals surface area contributed by atoms with Crippen molar-refractivity contribution in [1.82, 2.24) is 19.3 Å². The minimum absolute atomic E-state index is 0.510. The Morgan fingerprint density at radius 3 is 3.17 bits per heavy atom. The molecule has 2 N–H and O–H groups in total. The lowest BCUT2D eigenvalue weighted by Gasteiger charge is -2.03. The van der Waals surface area contributed by atoms with Gasteiger partial charge in [0.25, 0.3) is 5.78 Å². The summed E-state index contributed by atoms with van der Waals surface area (Å²) in [5.74, 6) is 1.05. The van der Waals surface area contributed by atoms with E-state index < -0.39 is 0 Å². The van der Waals surface area contributed by atoms with E-state index in [1.165, 1.54) is 17.4 Å². The number of imidazole rings is 1. The van der Waals surface area contributed by atoms with Crippen molar-refractivity contribution in [3.05, 3.63) is 12.5 Å². The normalized spacial score (nSPS) is 10.8. The summed E-state index contributed by atoms with van der Waals surface area (Å²) in [5, 5.41) is 0. The van der Waals surface area contributed by atoms with Crippen LogP contribution < -0.4 is 10.6 Å². The van der Waals surface area contributed by atoms with Crippen LogP contribution in [0.25, 0.3) is 5.78 Å². The van der Waals surface area contributed by atoms with E-state index in [0.29, 0.717) is 18.2 Å². The van der Waals surface area contributed by atoms with E-state index in [4.69, 9.17) is 10.6 Å². The van der Waals surface area contributed by atoms with Gasteiger partial charge in [-0.2, -0.15) is 9.50 Å². The van der Waals surface area contributed by atoms with Crippen LogP contribution in [-0.4, -0.2) is 25.9 Å². The summed E-state index contributed by atoms with van der Waals surface area (Å²) in [6.07, 6.45) is 3.07. The van der Waals surface area contributed by atoms with Crippen molar-refractivity contribution >= 4 is 11.6 Å². The van der Waals surface area contributed by atoms with Gasteiger partial charge in [-0.15, -0.1) is 4.85 Å². The average molecular weight is 167 g/mol. The number of nitrogen functional groups attached to an aromatic ring is 1. The number of nitrogens with two attached hydrogens (primary N) is 1. The van der Waals surface area contributed by atoms with Gasteiger partial charge in [-0.05, 0) is 6.92 Å². The number of rotatable bonds is 2. The van der Waals surface area contributed by atoms with Crippen LogP contribution in [0.15, 0.2) is 12.5 Å². The van der Waals surface area contributed by atoms with Gasteiger partial charge >= 0.3 is 0 Å². The van der Waals surface area contributed by atoms with Crippen LogP contribution >= 0.6 is 0 Å². The summed E-state index contributed by atoms with van der Waals surface area (Å²) in [6, 6.07) is 0. The van der Waals surface area contributed by atoms with Crippen LogP contribution in [0.2, 0.25) is 0 Å². The van der Waals surface area contributed by atoms with Gasteiger partial charge in [-0.1, -0.05) is 0 Å². The van der Waals surface area contributed by atoms with Gasteiger partial charge < -0.3 is 10.6 Å². The highest BCUT2D eigenvalue weighted by molar-refractivity contribution is 5.39. The fourth-order valence-corrected chi connectivity index (χ4v) is 1.01. The van der Waals surface area contributed by atoms with Crippen molar-refractivity contribution in [3.8, 4) is 0 Å². The summed E-state index contributed by atoms with van der Waals surface area (Å²) in [5.41, 5.74) is 5.61. The third-order valence-electron chi connectivity index (χ3n) is 1.48. The molecule has 0 amide bonds. The number of nitrogens with zero attached hydrogens (tertiary/aromatic N) is 4. The molecule has 2 rings (SSSR count). The van der Waals surface area contributed by atoms with Gasteiger partial charge in [0.1, 0.15) is 12.4 Å². The Hall–Kier alpha value is -1.72. The molecule has 0 aliphatic rings. The molecule has 0 saturated carbocycles. The van der Waals surface area contributed by atoms with Crippen molar-refractivity contribution in [3.63, 3.8) is 0 Å². The molecule has 6 nitrogen and oxygen atoms in total. The predicted octanol–water partition coefficient (Wildman–Crippen LogP) is -0.439. The second-order valence-electron chi connectivity index (χ2n) is 2.26. The third kappa shape index (κ3) is 0.810. The SMILES string of the molecule is CCOn1cnc2ncc(N)n21. The fraction of sp³-hybridized carbons (Fsp3) is 0.333. The molecule has 0 atom stereocenters. The highest BCUT2D eigenvalue weighted by Crippen LogP contribution is 2.04. The average Bonchev–Trinajstić information content (AvgIpc) is 2.58. The van der Waals surface area contributed by atoms with Gasteiger partial charge in [0.2, 0.25) is 0 Å². The zero-order valence-electron chi connectivity index (χ0n) is 6.64. The maximum atomic E-state index is 5.61. The lowest BCUT2D eigenvalue weighted by Crippen LogP contribution is -2.15. The van der Waals surface area contributed by atoms with E-state index in [1.807, 2.05) is 6.92 Å². The Morgan fingerprint density at radius 2 is 2.42 bits per heavy atom. The molecule has 0 aliphatic carbocycles. The summed E-state index contributed by atoms with van der Waals surface area (Å²) in [7, 11) is 0. The first-order valence-electron chi connectivity index (χ1n) is 3.62. The highest BCUT2D eigenvalue weighted by Gasteiger charge is 2.05. The Bertz CT molecular complexity index is 389. The first-order valence-corrected chi connectivity index (χ1v) is 3.62. The van der Waals surface area contributed by atoms with Crippen molar-refractivity contribution in [1.29, 1.82) is 0 Å². The number of aromatic nitrogens is 4. The third-order valence-corrected chi connectivity index (χ3v) is 1.48. The topological polar surface area (TPSA) is 70.4 Å². The van der Waals surface area contributed by atoms with Crippen LogP contribution in [0, 0.1) is 0 Å². The van der Waals surface area contributed by atoms with Gasteiger partial charge in [-0.3, -0.25) is 0 Å². The number of hydrogen-bond acceptors (Lipinski definition) is 4. The maximum absolute atomic E-state index is 5.61. The molecule has 0 unspecified atom stereocenters. The molecular formula is C6H9N5O. The lowest BCUT2D eigenvalue weighted by atomic mass is 10.8. The highest BCUT2D eigenvalue weighted by atomic mass is 16.7. The Kier molecular flexibility index (Phi) is 1.39. The van der Waals surface area contributed by atoms with Crippen LogP contribution in [0.4, 0.5) is 5.82 Å². The Morgan fingerprint density at radius 1 is 1.58 bits per heavy atom. The molecule has 12 heavy (non-hydrogen) atoms. The van der Waals surface area contributed by atoms with Crippen molar-refractivity contribution < 1.29 is 4.84 Å². The number of hydrogen-bond donors (Lipinski definition) is 1. The zero-order valence-corrected chi connectivity index (χ0v) is 6.64. The summed E-state index contributed by atoms with van der Waals surface area (Å²) in [6.45, 7) is 2.45. The molecule has 2 heterocycles. The van der Waals surface area contributed by atoms with Gasteiger partial charge in [-0.25, -0.2) is 4.98 Å². The molecule has 6 heteroatoms. The smallest absolute Gasteiger partial charge is 0.255 e. The molecule has 64 valence electrons. The Labute approximate surface area is 68.5 Å². The largest absolute Gasteiger partial charge is 0.397 e. The van der Waals surface area contributed by atoms with E-state index in [0.717, 1.165) is 0 Å². The minimum Gasteiger partial charge on any atom is -0.397 e. The first-order chi connectivity index (χ1) is 5.83. The van der Waals surface area contributed by atoms with Gasteiger partial charge in [0.05, 0.1) is 6.20 Å². The van der Waals surface area contributed by atoms with E-state index in [2.05, 4.69) is 9.97 Å². The summed E-state index contributed by atoms with van der Waals surface area (Å²) >= 11 is 0. The van der Waals surface area contributed by atoms with Crippen molar-refractivity contribution in [2.24, 2.45) is 0 Å². The molecule has 0 bridgehead atoms. The van der Waals surface area contributed by atoms with Crippen LogP contribution in [0.5, 0.6) is 0 Å².